The number of ether oxygens (including phenoxy) is 1. The lowest BCUT2D eigenvalue weighted by Gasteiger charge is -2.19. The topological polar surface area (TPSA) is 45.0 Å². The average Bonchev–Trinajstić information content (AvgIpc) is 2.12. The van der Waals surface area contributed by atoms with Gasteiger partial charge in [0.2, 0.25) is 0 Å². The van der Waals surface area contributed by atoms with Gasteiger partial charge in [0.25, 0.3) is 0 Å². The zero-order valence-corrected chi connectivity index (χ0v) is 8.18. The number of hydrogen-bond acceptors (Lipinski definition) is 3. The maximum Gasteiger partial charge on any atom is 0.103 e. The summed E-state index contributed by atoms with van der Waals surface area (Å²) in [6.45, 7) is 5.37. The standard InChI is InChI=1S/C9H18N2O/c1-4-12-7-5-6-9(2,8-10)11-3/h11H,4-7H2,1-3H3. The minimum atomic E-state index is -0.392. The van der Waals surface area contributed by atoms with Gasteiger partial charge in [-0.3, -0.25) is 0 Å². The molecule has 0 aliphatic rings. The molecular formula is C9H18N2O. The van der Waals surface area contributed by atoms with Crippen LogP contribution in [-0.4, -0.2) is 25.8 Å². The van der Waals surface area contributed by atoms with Crippen LogP contribution in [0.3, 0.4) is 0 Å². The van der Waals surface area contributed by atoms with E-state index in [-0.39, 0.29) is 0 Å². The van der Waals surface area contributed by atoms with Crippen molar-refractivity contribution in [2.45, 2.75) is 32.2 Å². The molecule has 1 unspecified atom stereocenters. The Morgan fingerprint density at radius 3 is 2.67 bits per heavy atom. The molecular weight excluding hydrogens is 152 g/mol. The Morgan fingerprint density at radius 1 is 1.58 bits per heavy atom. The summed E-state index contributed by atoms with van der Waals surface area (Å²) < 4.78 is 5.18. The van der Waals surface area contributed by atoms with Gasteiger partial charge in [-0.15, -0.1) is 0 Å². The number of nitrogens with one attached hydrogen (secondary N) is 1. The molecule has 70 valence electrons. The van der Waals surface area contributed by atoms with Crippen molar-refractivity contribution in [1.82, 2.24) is 5.32 Å². The van der Waals surface area contributed by atoms with Gasteiger partial charge in [-0.05, 0) is 33.7 Å². The van der Waals surface area contributed by atoms with E-state index >= 15 is 0 Å². The van der Waals surface area contributed by atoms with E-state index in [2.05, 4.69) is 11.4 Å². The van der Waals surface area contributed by atoms with Gasteiger partial charge < -0.3 is 10.1 Å². The number of rotatable bonds is 6. The zero-order valence-electron chi connectivity index (χ0n) is 8.18. The summed E-state index contributed by atoms with van der Waals surface area (Å²) >= 11 is 0. The molecule has 0 rings (SSSR count). The van der Waals surface area contributed by atoms with E-state index in [9.17, 15) is 0 Å². The molecule has 0 aliphatic heterocycles. The Balaban J connectivity index is 3.54. The quantitative estimate of drug-likeness (QED) is 0.611. The first kappa shape index (κ1) is 11.4. The summed E-state index contributed by atoms with van der Waals surface area (Å²) in [6, 6.07) is 2.24. The Bertz CT molecular complexity index is 153. The highest BCUT2D eigenvalue weighted by atomic mass is 16.5. The van der Waals surface area contributed by atoms with Crippen LogP contribution in [0.15, 0.2) is 0 Å². The molecule has 0 bridgehead atoms. The average molecular weight is 170 g/mol. The molecule has 0 spiro atoms. The highest BCUT2D eigenvalue weighted by Gasteiger charge is 2.19. The molecule has 0 radical (unpaired) electrons. The fourth-order valence-electron chi connectivity index (χ4n) is 0.909. The second-order valence-electron chi connectivity index (χ2n) is 2.99. The molecule has 3 nitrogen and oxygen atoms in total. The number of hydrogen-bond donors (Lipinski definition) is 1. The molecule has 0 aromatic heterocycles. The third-order valence-corrected chi connectivity index (χ3v) is 1.97. The Labute approximate surface area is 74.7 Å². The van der Waals surface area contributed by atoms with Crippen molar-refractivity contribution in [3.05, 3.63) is 0 Å². The second kappa shape index (κ2) is 5.99. The van der Waals surface area contributed by atoms with Crippen LogP contribution >= 0.6 is 0 Å². The molecule has 0 aromatic rings. The first-order valence-corrected chi connectivity index (χ1v) is 4.36. The third-order valence-electron chi connectivity index (χ3n) is 1.97. The maximum atomic E-state index is 8.79. The van der Waals surface area contributed by atoms with Gasteiger partial charge in [0.05, 0.1) is 6.07 Å². The minimum absolute atomic E-state index is 0.392. The summed E-state index contributed by atoms with van der Waals surface area (Å²) in [6.07, 6.45) is 1.76. The van der Waals surface area contributed by atoms with Crippen LogP contribution < -0.4 is 5.32 Å². The Hall–Kier alpha value is -0.590. The fourth-order valence-corrected chi connectivity index (χ4v) is 0.909. The van der Waals surface area contributed by atoms with Crippen LogP contribution in [0, 0.1) is 11.3 Å². The molecule has 1 atom stereocenters. The Morgan fingerprint density at radius 2 is 2.25 bits per heavy atom. The predicted molar refractivity (Wildman–Crippen MR) is 48.8 cm³/mol. The Kier molecular flexibility index (Phi) is 5.69. The molecule has 1 N–H and O–H groups in total. The van der Waals surface area contributed by atoms with Crippen molar-refractivity contribution in [3.8, 4) is 6.07 Å². The van der Waals surface area contributed by atoms with Crippen LogP contribution in [0.2, 0.25) is 0 Å². The van der Waals surface area contributed by atoms with E-state index in [0.29, 0.717) is 0 Å². The lowest BCUT2D eigenvalue weighted by molar-refractivity contribution is 0.139. The molecule has 0 heterocycles. The first-order chi connectivity index (χ1) is 5.68. The van der Waals surface area contributed by atoms with E-state index in [1.807, 2.05) is 20.9 Å². The molecule has 0 amide bonds. The number of nitriles is 1. The van der Waals surface area contributed by atoms with Gasteiger partial charge >= 0.3 is 0 Å². The predicted octanol–water partition coefficient (Wildman–Crippen LogP) is 1.30. The van der Waals surface area contributed by atoms with Gasteiger partial charge in [-0.2, -0.15) is 5.26 Å². The lowest BCUT2D eigenvalue weighted by Crippen LogP contribution is -2.38. The van der Waals surface area contributed by atoms with Gasteiger partial charge in [0, 0.05) is 13.2 Å². The van der Waals surface area contributed by atoms with Crippen LogP contribution in [0.1, 0.15) is 26.7 Å². The second-order valence-corrected chi connectivity index (χ2v) is 2.99. The van der Waals surface area contributed by atoms with E-state index < -0.39 is 5.54 Å². The van der Waals surface area contributed by atoms with Crippen LogP contribution in [0.4, 0.5) is 0 Å². The monoisotopic (exact) mass is 170 g/mol. The summed E-state index contributed by atoms with van der Waals surface area (Å²) in [5, 5.41) is 11.8. The summed E-state index contributed by atoms with van der Waals surface area (Å²) in [5.74, 6) is 0. The molecule has 0 aromatic carbocycles. The van der Waals surface area contributed by atoms with E-state index in [1.165, 1.54) is 0 Å². The highest BCUT2D eigenvalue weighted by molar-refractivity contribution is 5.02. The van der Waals surface area contributed by atoms with Gasteiger partial charge in [0.1, 0.15) is 5.54 Å². The third kappa shape index (κ3) is 4.32. The smallest absolute Gasteiger partial charge is 0.103 e. The number of nitrogens with zero attached hydrogens (tertiary/aromatic N) is 1. The van der Waals surface area contributed by atoms with Crippen molar-refractivity contribution < 1.29 is 4.74 Å². The first-order valence-electron chi connectivity index (χ1n) is 4.36. The van der Waals surface area contributed by atoms with Gasteiger partial charge in [-0.1, -0.05) is 0 Å². The summed E-state index contributed by atoms with van der Waals surface area (Å²) in [4.78, 5) is 0. The van der Waals surface area contributed by atoms with Crippen molar-refractivity contribution in [2.24, 2.45) is 0 Å². The minimum Gasteiger partial charge on any atom is -0.382 e. The van der Waals surface area contributed by atoms with Crippen molar-refractivity contribution in [3.63, 3.8) is 0 Å². The summed E-state index contributed by atoms with van der Waals surface area (Å²) in [7, 11) is 1.81. The zero-order chi connectivity index (χ0) is 9.45. The molecule has 0 saturated heterocycles. The normalized spacial score (nSPS) is 15.2. The molecule has 12 heavy (non-hydrogen) atoms. The molecule has 0 fully saturated rings. The van der Waals surface area contributed by atoms with Crippen molar-refractivity contribution in [2.75, 3.05) is 20.3 Å². The SMILES string of the molecule is CCOCCCC(C)(C#N)NC. The van der Waals surface area contributed by atoms with E-state index in [1.54, 1.807) is 0 Å². The van der Waals surface area contributed by atoms with Crippen LogP contribution in [0.25, 0.3) is 0 Å². The molecule has 0 aliphatic carbocycles. The molecule has 3 heteroatoms. The van der Waals surface area contributed by atoms with Crippen molar-refractivity contribution >= 4 is 0 Å². The van der Waals surface area contributed by atoms with E-state index in [0.717, 1.165) is 26.1 Å². The van der Waals surface area contributed by atoms with E-state index in [4.69, 9.17) is 10.00 Å². The largest absolute Gasteiger partial charge is 0.382 e. The van der Waals surface area contributed by atoms with Crippen LogP contribution in [-0.2, 0) is 4.74 Å². The van der Waals surface area contributed by atoms with Crippen LogP contribution in [0.5, 0.6) is 0 Å². The van der Waals surface area contributed by atoms with Gasteiger partial charge in [-0.25, -0.2) is 0 Å². The molecule has 0 saturated carbocycles. The summed E-state index contributed by atoms with van der Waals surface area (Å²) in [5.41, 5.74) is -0.392. The maximum absolute atomic E-state index is 8.79. The fraction of sp³-hybridized carbons (Fsp3) is 0.889. The van der Waals surface area contributed by atoms with Gasteiger partial charge in [0.15, 0.2) is 0 Å². The highest BCUT2D eigenvalue weighted by Crippen LogP contribution is 2.09. The van der Waals surface area contributed by atoms with Crippen molar-refractivity contribution in [1.29, 1.82) is 5.26 Å². The lowest BCUT2D eigenvalue weighted by atomic mass is 9.98.